The smallest absolute Gasteiger partial charge is 0.333 e. The van der Waals surface area contributed by atoms with Gasteiger partial charge in [0.1, 0.15) is 24.3 Å². The molecule has 2 N–H and O–H groups in total. The Labute approximate surface area is 369 Å². The summed E-state index contributed by atoms with van der Waals surface area (Å²) in [4.78, 5) is 81.7. The topological polar surface area (TPSA) is 188 Å². The van der Waals surface area contributed by atoms with Crippen LogP contribution in [0, 0.1) is 0 Å². The summed E-state index contributed by atoms with van der Waals surface area (Å²) in [6, 6.07) is 15.7. The van der Waals surface area contributed by atoms with Crippen molar-refractivity contribution in [1.82, 2.24) is 18.3 Å². The molecule has 6 rings (SSSR count). The zero-order valence-electron chi connectivity index (χ0n) is 37.3. The molecule has 0 atom stereocenters. The van der Waals surface area contributed by atoms with E-state index in [0.717, 1.165) is 40.8 Å². The quantitative estimate of drug-likeness (QED) is 0.110. The number of anilines is 2. The number of nitrogens with zero attached hydrogens (tertiary/aromatic N) is 6. The largest absolute Gasteiger partial charge is 0.494 e. The van der Waals surface area contributed by atoms with E-state index >= 15 is 0 Å². The maximum atomic E-state index is 13.7. The summed E-state index contributed by atoms with van der Waals surface area (Å²) in [5, 5.41) is 22.2. The van der Waals surface area contributed by atoms with E-state index in [0.29, 0.717) is 24.5 Å². The van der Waals surface area contributed by atoms with Crippen LogP contribution in [-0.4, -0.2) is 66.7 Å². The lowest BCUT2D eigenvalue weighted by Gasteiger charge is -2.30. The number of aromatic nitrogens is 4. The molecule has 2 aromatic carbocycles. The molecule has 4 aromatic rings. The molecule has 4 heterocycles. The molecule has 0 fully saturated rings. The molecule has 0 bridgehead atoms. The van der Waals surface area contributed by atoms with E-state index in [-0.39, 0.29) is 48.6 Å². The maximum absolute atomic E-state index is 13.7. The molecule has 2 aromatic heterocycles. The summed E-state index contributed by atoms with van der Waals surface area (Å²) in [6.07, 6.45) is 2.73. The fourth-order valence-corrected chi connectivity index (χ4v) is 8.02. The molecule has 0 spiro atoms. The van der Waals surface area contributed by atoms with Crippen LogP contribution in [0.2, 0.25) is 0 Å². The van der Waals surface area contributed by atoms with E-state index in [1.807, 2.05) is 76.2 Å². The van der Waals surface area contributed by atoms with Gasteiger partial charge in [-0.1, -0.05) is 61.0 Å². The summed E-state index contributed by atoms with van der Waals surface area (Å²) in [5.41, 5.74) is 7.20. The standard InChI is InChI=1S/C48H52N6O10/c1-29(2)43(59)63-27-25-53-41(57)31(39(55)49(9)45(53)61)19-21-37-47(5,6)33-15-11-13-17-35(33)51(37)23-24-52-36-18-14-12-16-34(36)48(7,8)38(52)22-20-32-40(56)50(10)46(62)54(42(32)58)26-28-64-44(60)30(3)4/h11-20,55-56H,1,3,23-28H2,2,4-10H3. The lowest BCUT2D eigenvalue weighted by molar-refractivity contribution is -0.140. The van der Waals surface area contributed by atoms with Crippen molar-refractivity contribution in [2.75, 3.05) is 36.1 Å². The van der Waals surface area contributed by atoms with Crippen molar-refractivity contribution in [1.29, 1.82) is 0 Å². The minimum atomic E-state index is -0.792. The van der Waals surface area contributed by atoms with Gasteiger partial charge in [-0.25, -0.2) is 19.2 Å². The van der Waals surface area contributed by atoms with Crippen molar-refractivity contribution < 1.29 is 29.3 Å². The summed E-state index contributed by atoms with van der Waals surface area (Å²) in [6.45, 7) is 17.8. The minimum absolute atomic E-state index is 0.165. The number of aromatic hydroxyl groups is 2. The third-order valence-electron chi connectivity index (χ3n) is 11.6. The Hall–Kier alpha value is -7.54. The van der Waals surface area contributed by atoms with Crippen molar-refractivity contribution in [3.8, 4) is 11.8 Å². The predicted octanol–water partition coefficient (Wildman–Crippen LogP) is 4.35. The van der Waals surface area contributed by atoms with Gasteiger partial charge in [0.25, 0.3) is 11.1 Å². The molecule has 2 aliphatic rings. The van der Waals surface area contributed by atoms with Crippen molar-refractivity contribution in [3.05, 3.63) is 160 Å². The lowest BCUT2D eigenvalue weighted by atomic mass is 9.84. The second-order valence-electron chi connectivity index (χ2n) is 16.8. The van der Waals surface area contributed by atoms with E-state index < -0.39 is 57.0 Å². The number of ether oxygens (including phenoxy) is 2. The van der Waals surface area contributed by atoms with Crippen molar-refractivity contribution >= 4 is 35.5 Å². The first-order chi connectivity index (χ1) is 30.1. The van der Waals surface area contributed by atoms with Crippen molar-refractivity contribution in [2.24, 2.45) is 14.1 Å². The highest BCUT2D eigenvalue weighted by atomic mass is 16.5. The molecule has 64 heavy (non-hydrogen) atoms. The van der Waals surface area contributed by atoms with Gasteiger partial charge < -0.3 is 29.5 Å². The van der Waals surface area contributed by atoms with Gasteiger partial charge in [0.05, 0.1) is 24.5 Å². The Morgan fingerprint density at radius 2 is 0.969 bits per heavy atom. The first-order valence-electron chi connectivity index (χ1n) is 20.5. The molecule has 0 saturated heterocycles. The number of benzene rings is 2. The number of hydrogen-bond donors (Lipinski definition) is 2. The molecule has 16 heteroatoms. The number of carbonyl (C=O) groups excluding carboxylic acids is 2. The van der Waals surface area contributed by atoms with Gasteiger partial charge in [-0.2, -0.15) is 0 Å². The van der Waals surface area contributed by atoms with Crippen LogP contribution in [0.15, 0.2) is 115 Å². The first-order valence-corrected chi connectivity index (χ1v) is 20.5. The van der Waals surface area contributed by atoms with Gasteiger partial charge in [-0.05, 0) is 64.8 Å². The highest BCUT2D eigenvalue weighted by molar-refractivity contribution is 5.87. The number of hydrogen-bond acceptors (Lipinski definition) is 12. The molecule has 0 aliphatic carbocycles. The molecule has 0 amide bonds. The fraction of sp³-hybridized carbons (Fsp3) is 0.333. The van der Waals surface area contributed by atoms with Crippen LogP contribution < -0.4 is 32.3 Å². The highest BCUT2D eigenvalue weighted by Crippen LogP contribution is 2.49. The monoisotopic (exact) mass is 872 g/mol. The van der Waals surface area contributed by atoms with Crippen LogP contribution >= 0.6 is 0 Å². The van der Waals surface area contributed by atoms with Crippen LogP contribution in [-0.2, 0) is 57.1 Å². The van der Waals surface area contributed by atoms with Crippen LogP contribution in [0.3, 0.4) is 0 Å². The van der Waals surface area contributed by atoms with Gasteiger partial charge in [0.2, 0.25) is 11.8 Å². The average Bonchev–Trinajstić information content (AvgIpc) is 3.61. The van der Waals surface area contributed by atoms with E-state index in [4.69, 9.17) is 9.47 Å². The Morgan fingerprint density at radius 3 is 1.31 bits per heavy atom. The summed E-state index contributed by atoms with van der Waals surface area (Å²) < 4.78 is 13.9. The Bertz CT molecular complexity index is 2810. The van der Waals surface area contributed by atoms with Crippen LogP contribution in [0.4, 0.5) is 11.4 Å². The van der Waals surface area contributed by atoms with Crippen molar-refractivity contribution in [2.45, 2.75) is 65.5 Å². The predicted molar refractivity (Wildman–Crippen MR) is 243 cm³/mol. The maximum Gasteiger partial charge on any atom is 0.333 e. The number of fused-ring (bicyclic) bond motifs is 2. The van der Waals surface area contributed by atoms with Gasteiger partial charge in [0, 0.05) is 72.7 Å². The number of rotatable bonds is 13. The second kappa shape index (κ2) is 17.7. The Balaban J connectivity index is 1.43. The normalized spacial score (nSPS) is 14.3. The number of esters is 2. The Kier molecular flexibility index (Phi) is 12.7. The van der Waals surface area contributed by atoms with Crippen molar-refractivity contribution in [3.63, 3.8) is 0 Å². The SMILES string of the molecule is C=C(C)C(=O)OCCn1c(=O)c(C=C=C2N(CCN3C(=C=Cc4c(O)n(C)c(=O)n(CCOC(=O)C(=C)C)c4=O)C(C)(C)c4ccccc43)c3ccccc3C2(C)C)c(O)n(C)c1=O. The minimum Gasteiger partial charge on any atom is -0.494 e. The van der Waals surface area contributed by atoms with Crippen LogP contribution in [0.1, 0.15) is 63.8 Å². The molecule has 0 unspecified atom stereocenters. The van der Waals surface area contributed by atoms with Gasteiger partial charge in [-0.3, -0.25) is 27.9 Å². The van der Waals surface area contributed by atoms with Crippen LogP contribution in [0.25, 0.3) is 12.2 Å². The number of para-hydroxylation sites is 2. The summed E-state index contributed by atoms with van der Waals surface area (Å²) >= 11 is 0. The van der Waals surface area contributed by atoms with Gasteiger partial charge >= 0.3 is 23.3 Å². The fourth-order valence-electron chi connectivity index (χ4n) is 8.02. The number of allylic oxidation sites excluding steroid dienone is 2. The molecule has 0 radical (unpaired) electrons. The molecule has 2 aliphatic heterocycles. The zero-order chi connectivity index (χ0) is 47.0. The van der Waals surface area contributed by atoms with E-state index in [1.165, 1.54) is 40.1 Å². The van der Waals surface area contributed by atoms with E-state index in [1.54, 1.807) is 0 Å². The molecule has 334 valence electrons. The molecule has 16 nitrogen and oxygen atoms in total. The first kappa shape index (κ1) is 46.0. The van der Waals surface area contributed by atoms with E-state index in [2.05, 4.69) is 34.4 Å². The third-order valence-corrected chi connectivity index (χ3v) is 11.6. The summed E-state index contributed by atoms with van der Waals surface area (Å²) in [7, 11) is 2.66. The van der Waals surface area contributed by atoms with Gasteiger partial charge in [-0.15, -0.1) is 0 Å². The second-order valence-corrected chi connectivity index (χ2v) is 16.8. The third kappa shape index (κ3) is 8.24. The average molecular weight is 873 g/mol. The zero-order valence-corrected chi connectivity index (χ0v) is 37.3. The highest BCUT2D eigenvalue weighted by Gasteiger charge is 2.43. The summed E-state index contributed by atoms with van der Waals surface area (Å²) in [5.74, 6) is -2.45. The molecular weight excluding hydrogens is 821 g/mol. The molecular formula is C48H52N6O10. The Morgan fingerprint density at radius 1 is 0.625 bits per heavy atom. The number of carbonyl (C=O) groups is 2. The van der Waals surface area contributed by atoms with Gasteiger partial charge in [0.15, 0.2) is 0 Å². The van der Waals surface area contributed by atoms with E-state index in [9.17, 15) is 39.0 Å². The lowest BCUT2D eigenvalue weighted by Crippen LogP contribution is -2.41. The van der Waals surface area contributed by atoms with Crippen LogP contribution in [0.5, 0.6) is 11.8 Å². The molecule has 0 saturated carbocycles.